The number of ether oxygens (including phenoxy) is 4. The standard InChI is InChI=1S/C22H27N3O4/c1-2-4-20-19(3-1)26-14-18(28-20)15-27-21-22(24-10-9-23-21)29-17-7-11-25(12-8-17)13-16-5-6-16/h1-4,9-10,16-18H,5-8,11-15H2. The summed E-state index contributed by atoms with van der Waals surface area (Å²) in [6.45, 7) is 4.18. The highest BCUT2D eigenvalue weighted by molar-refractivity contribution is 5.40. The van der Waals surface area contributed by atoms with Crippen LogP contribution in [0.15, 0.2) is 36.7 Å². The number of benzene rings is 1. The molecule has 2 fully saturated rings. The van der Waals surface area contributed by atoms with Crippen LogP contribution < -0.4 is 18.9 Å². The van der Waals surface area contributed by atoms with Gasteiger partial charge in [-0.1, -0.05) is 12.1 Å². The third-order valence-electron chi connectivity index (χ3n) is 5.63. The van der Waals surface area contributed by atoms with Crippen molar-refractivity contribution < 1.29 is 18.9 Å². The Morgan fingerprint density at radius 1 is 0.966 bits per heavy atom. The number of aromatic nitrogens is 2. The van der Waals surface area contributed by atoms with Gasteiger partial charge < -0.3 is 23.8 Å². The zero-order chi connectivity index (χ0) is 19.5. The fraction of sp³-hybridized carbons (Fsp3) is 0.545. The van der Waals surface area contributed by atoms with Crippen molar-refractivity contribution in [2.24, 2.45) is 5.92 Å². The van der Waals surface area contributed by atoms with Crippen molar-refractivity contribution in [3.8, 4) is 23.3 Å². The molecule has 7 heteroatoms. The molecule has 3 aliphatic rings. The number of likely N-dealkylation sites (tertiary alicyclic amines) is 1. The smallest absolute Gasteiger partial charge is 0.278 e. The van der Waals surface area contributed by atoms with E-state index < -0.39 is 0 Å². The predicted molar refractivity (Wildman–Crippen MR) is 107 cm³/mol. The zero-order valence-electron chi connectivity index (χ0n) is 16.5. The first kappa shape index (κ1) is 18.5. The summed E-state index contributed by atoms with van der Waals surface area (Å²) in [5.74, 6) is 3.31. The average Bonchev–Trinajstić information content (AvgIpc) is 3.58. The minimum Gasteiger partial charge on any atom is -0.486 e. The molecule has 0 bridgehead atoms. The third kappa shape index (κ3) is 4.72. The van der Waals surface area contributed by atoms with Crippen molar-refractivity contribution in [2.75, 3.05) is 32.8 Å². The van der Waals surface area contributed by atoms with Gasteiger partial charge in [0.15, 0.2) is 17.6 Å². The monoisotopic (exact) mass is 397 g/mol. The second-order valence-corrected chi connectivity index (χ2v) is 8.04. The lowest BCUT2D eigenvalue weighted by molar-refractivity contribution is 0.0477. The van der Waals surface area contributed by atoms with Gasteiger partial charge in [0.25, 0.3) is 11.8 Å². The van der Waals surface area contributed by atoms with Crippen LogP contribution in [0, 0.1) is 5.92 Å². The first-order valence-electron chi connectivity index (χ1n) is 10.5. The molecule has 3 heterocycles. The molecule has 2 aromatic rings. The van der Waals surface area contributed by atoms with Crippen LogP contribution in [-0.2, 0) is 0 Å². The fourth-order valence-electron chi connectivity index (χ4n) is 3.84. The second kappa shape index (κ2) is 8.45. The number of rotatable bonds is 7. The van der Waals surface area contributed by atoms with Gasteiger partial charge in [0.1, 0.15) is 19.3 Å². The summed E-state index contributed by atoms with van der Waals surface area (Å²) in [6.07, 6.45) is 8.04. The Morgan fingerprint density at radius 2 is 1.72 bits per heavy atom. The van der Waals surface area contributed by atoms with Gasteiger partial charge in [0.2, 0.25) is 0 Å². The van der Waals surface area contributed by atoms with Crippen LogP contribution in [0.1, 0.15) is 25.7 Å². The van der Waals surface area contributed by atoms with E-state index >= 15 is 0 Å². The number of fused-ring (bicyclic) bond motifs is 1. The number of nitrogens with zero attached hydrogens (tertiary/aromatic N) is 3. The summed E-state index contributed by atoms with van der Waals surface area (Å²) in [5.41, 5.74) is 0. The molecule has 0 amide bonds. The number of piperidine rings is 1. The van der Waals surface area contributed by atoms with E-state index in [1.165, 1.54) is 19.4 Å². The molecule has 1 aromatic heterocycles. The molecule has 7 nitrogen and oxygen atoms in total. The molecule has 1 atom stereocenters. The Hall–Kier alpha value is -2.54. The fourth-order valence-corrected chi connectivity index (χ4v) is 3.84. The molecule has 1 saturated carbocycles. The second-order valence-electron chi connectivity index (χ2n) is 8.04. The minimum absolute atomic E-state index is 0.158. The molecule has 1 aromatic carbocycles. The highest BCUT2D eigenvalue weighted by atomic mass is 16.6. The number of hydrogen-bond acceptors (Lipinski definition) is 7. The number of hydrogen-bond donors (Lipinski definition) is 0. The van der Waals surface area contributed by atoms with Crippen LogP contribution in [0.3, 0.4) is 0 Å². The van der Waals surface area contributed by atoms with E-state index in [2.05, 4.69) is 14.9 Å². The quantitative estimate of drug-likeness (QED) is 0.712. The van der Waals surface area contributed by atoms with Gasteiger partial charge >= 0.3 is 0 Å². The van der Waals surface area contributed by atoms with E-state index in [1.54, 1.807) is 12.4 Å². The van der Waals surface area contributed by atoms with E-state index in [1.807, 2.05) is 24.3 Å². The lowest BCUT2D eigenvalue weighted by Crippen LogP contribution is -2.39. The first-order chi connectivity index (χ1) is 14.3. The lowest BCUT2D eigenvalue weighted by atomic mass is 10.1. The van der Waals surface area contributed by atoms with E-state index in [0.717, 1.165) is 43.3 Å². The first-order valence-corrected chi connectivity index (χ1v) is 10.5. The Balaban J connectivity index is 1.14. The highest BCUT2D eigenvalue weighted by Crippen LogP contribution is 2.32. The van der Waals surface area contributed by atoms with Crippen LogP contribution in [0.4, 0.5) is 0 Å². The maximum absolute atomic E-state index is 6.15. The van der Waals surface area contributed by atoms with Crippen LogP contribution >= 0.6 is 0 Å². The van der Waals surface area contributed by atoms with Gasteiger partial charge in [-0.15, -0.1) is 0 Å². The van der Waals surface area contributed by atoms with Gasteiger partial charge in [0, 0.05) is 32.0 Å². The van der Waals surface area contributed by atoms with Crippen molar-refractivity contribution in [1.82, 2.24) is 14.9 Å². The van der Waals surface area contributed by atoms with Gasteiger partial charge in [-0.05, 0) is 43.7 Å². The summed E-state index contributed by atoms with van der Waals surface area (Å²) >= 11 is 0. The van der Waals surface area contributed by atoms with Crippen LogP contribution in [0.2, 0.25) is 0 Å². The van der Waals surface area contributed by atoms with Crippen molar-refractivity contribution in [3.63, 3.8) is 0 Å². The predicted octanol–water partition coefficient (Wildman–Crippen LogP) is 2.95. The van der Waals surface area contributed by atoms with Gasteiger partial charge in [-0.25, -0.2) is 9.97 Å². The molecular formula is C22H27N3O4. The molecule has 0 radical (unpaired) electrons. The van der Waals surface area contributed by atoms with E-state index in [-0.39, 0.29) is 12.2 Å². The van der Waals surface area contributed by atoms with Crippen LogP contribution in [0.25, 0.3) is 0 Å². The van der Waals surface area contributed by atoms with Gasteiger partial charge in [-0.2, -0.15) is 0 Å². The summed E-state index contributed by atoms with van der Waals surface area (Å²) in [6, 6.07) is 7.65. The Kier molecular flexibility index (Phi) is 5.39. The lowest BCUT2D eigenvalue weighted by Gasteiger charge is -2.32. The molecule has 2 aliphatic heterocycles. The minimum atomic E-state index is -0.203. The SMILES string of the molecule is c1ccc2c(c1)OCC(COc1nccnc1OC1CCN(CC3CC3)CC1)O2. The maximum atomic E-state index is 6.15. The van der Waals surface area contributed by atoms with Crippen molar-refractivity contribution in [3.05, 3.63) is 36.7 Å². The molecule has 0 N–H and O–H groups in total. The van der Waals surface area contributed by atoms with E-state index in [0.29, 0.717) is 25.0 Å². The number of para-hydroxylation sites is 2. The average molecular weight is 397 g/mol. The molecular weight excluding hydrogens is 370 g/mol. The molecule has 154 valence electrons. The highest BCUT2D eigenvalue weighted by Gasteiger charge is 2.28. The van der Waals surface area contributed by atoms with Crippen LogP contribution in [0.5, 0.6) is 23.3 Å². The topological polar surface area (TPSA) is 65.9 Å². The van der Waals surface area contributed by atoms with Crippen molar-refractivity contribution >= 4 is 0 Å². The molecule has 1 saturated heterocycles. The van der Waals surface area contributed by atoms with Crippen molar-refractivity contribution in [1.29, 1.82) is 0 Å². The molecule has 1 unspecified atom stereocenters. The Bertz CT molecular complexity index is 821. The molecule has 5 rings (SSSR count). The summed E-state index contributed by atoms with van der Waals surface area (Å²) < 4.78 is 23.7. The third-order valence-corrected chi connectivity index (χ3v) is 5.63. The molecule has 29 heavy (non-hydrogen) atoms. The normalized spacial score (nSPS) is 22.3. The van der Waals surface area contributed by atoms with Gasteiger partial charge in [0.05, 0.1) is 0 Å². The van der Waals surface area contributed by atoms with Crippen LogP contribution in [-0.4, -0.2) is 59.9 Å². The van der Waals surface area contributed by atoms with E-state index in [4.69, 9.17) is 18.9 Å². The largest absolute Gasteiger partial charge is 0.486 e. The summed E-state index contributed by atoms with van der Waals surface area (Å²) in [7, 11) is 0. The summed E-state index contributed by atoms with van der Waals surface area (Å²) in [5, 5.41) is 0. The Labute approximate surface area is 171 Å². The van der Waals surface area contributed by atoms with Crippen molar-refractivity contribution in [2.45, 2.75) is 37.9 Å². The molecule has 0 spiro atoms. The maximum Gasteiger partial charge on any atom is 0.278 e. The zero-order valence-corrected chi connectivity index (χ0v) is 16.5. The molecule has 1 aliphatic carbocycles. The summed E-state index contributed by atoms with van der Waals surface area (Å²) in [4.78, 5) is 11.2. The van der Waals surface area contributed by atoms with E-state index in [9.17, 15) is 0 Å². The van der Waals surface area contributed by atoms with Gasteiger partial charge in [-0.3, -0.25) is 0 Å². The Morgan fingerprint density at radius 3 is 2.52 bits per heavy atom.